The molecule has 0 saturated heterocycles. The molecular weight excluding hydrogens is 637 g/mol. The van der Waals surface area contributed by atoms with Gasteiger partial charge in [-0.15, -0.1) is 0 Å². The lowest BCUT2D eigenvalue weighted by Gasteiger charge is -2.25. The number of hydrogen-bond acceptors (Lipinski definition) is 3. The number of hydrogen-bond donors (Lipinski definition) is 0. The van der Waals surface area contributed by atoms with E-state index in [9.17, 15) is 0 Å². The highest BCUT2D eigenvalue weighted by atomic mass is 16.3. The maximum Gasteiger partial charge on any atom is 0.137 e. The van der Waals surface area contributed by atoms with Crippen LogP contribution in [0.5, 0.6) is 0 Å². The predicted octanol–water partition coefficient (Wildman–Crippen LogP) is 13.7. The molecule has 0 unspecified atom stereocenters. The Morgan fingerprint density at radius 1 is 0.327 bits per heavy atom. The van der Waals surface area contributed by atoms with Crippen LogP contribution in [0.3, 0.4) is 0 Å². The molecule has 0 N–H and O–H groups in total. The topological polar surface area (TPSA) is 34.5 Å². The molecule has 4 nitrogen and oxygen atoms in total. The Labute approximate surface area is 299 Å². The molecule has 0 bridgehead atoms. The number of aromatic nitrogens is 1. The number of para-hydroxylation sites is 4. The molecule has 0 aliphatic heterocycles. The third kappa shape index (κ3) is 4.41. The second-order valence-corrected chi connectivity index (χ2v) is 13.4. The summed E-state index contributed by atoms with van der Waals surface area (Å²) >= 11 is 0. The first-order chi connectivity index (χ1) is 25.8. The van der Waals surface area contributed by atoms with Crippen molar-refractivity contribution >= 4 is 82.7 Å². The fourth-order valence-corrected chi connectivity index (χ4v) is 7.97. The Morgan fingerprint density at radius 3 is 1.62 bits per heavy atom. The van der Waals surface area contributed by atoms with Crippen LogP contribution in [0.2, 0.25) is 0 Å². The molecule has 0 atom stereocenters. The monoisotopic (exact) mass is 666 g/mol. The summed E-state index contributed by atoms with van der Waals surface area (Å²) in [6.45, 7) is 0. The zero-order valence-corrected chi connectivity index (χ0v) is 28.0. The summed E-state index contributed by atoms with van der Waals surface area (Å²) in [5.74, 6) is 0. The van der Waals surface area contributed by atoms with Gasteiger partial charge in [-0.3, -0.25) is 0 Å². The number of nitrogens with zero attached hydrogens (tertiary/aromatic N) is 2. The number of anilines is 3. The van der Waals surface area contributed by atoms with Gasteiger partial charge in [0.15, 0.2) is 0 Å². The first kappa shape index (κ1) is 28.8. The van der Waals surface area contributed by atoms with E-state index in [1.807, 2.05) is 24.3 Å². The Kier molecular flexibility index (Phi) is 6.22. The molecule has 244 valence electrons. The van der Waals surface area contributed by atoms with Gasteiger partial charge in [-0.1, -0.05) is 91.0 Å². The normalized spacial score (nSPS) is 11.8. The second kappa shape index (κ2) is 11.2. The smallest absolute Gasteiger partial charge is 0.137 e. The van der Waals surface area contributed by atoms with Crippen molar-refractivity contribution in [1.29, 1.82) is 0 Å². The second-order valence-electron chi connectivity index (χ2n) is 13.4. The minimum absolute atomic E-state index is 0.876. The molecule has 4 heteroatoms. The molecule has 11 aromatic rings. The van der Waals surface area contributed by atoms with Crippen LogP contribution in [0.15, 0.2) is 191 Å². The van der Waals surface area contributed by atoms with Crippen LogP contribution in [0.25, 0.3) is 82.5 Å². The van der Waals surface area contributed by atoms with E-state index in [1.165, 1.54) is 21.9 Å². The van der Waals surface area contributed by atoms with E-state index in [0.29, 0.717) is 0 Å². The molecule has 11 rings (SSSR count). The maximum absolute atomic E-state index is 6.29. The van der Waals surface area contributed by atoms with E-state index >= 15 is 0 Å². The van der Waals surface area contributed by atoms with E-state index < -0.39 is 0 Å². The van der Waals surface area contributed by atoms with Gasteiger partial charge in [0.25, 0.3) is 0 Å². The first-order valence-electron chi connectivity index (χ1n) is 17.6. The average Bonchev–Trinajstić information content (AvgIpc) is 3.87. The molecule has 3 aromatic heterocycles. The predicted molar refractivity (Wildman–Crippen MR) is 215 cm³/mol. The molecule has 3 heterocycles. The maximum atomic E-state index is 6.29. The van der Waals surface area contributed by atoms with Gasteiger partial charge in [0, 0.05) is 67.2 Å². The van der Waals surface area contributed by atoms with E-state index in [0.717, 1.165) is 77.7 Å². The molecule has 0 radical (unpaired) electrons. The van der Waals surface area contributed by atoms with Gasteiger partial charge >= 0.3 is 0 Å². The zero-order chi connectivity index (χ0) is 34.2. The van der Waals surface area contributed by atoms with Crippen molar-refractivity contribution < 1.29 is 8.83 Å². The largest absolute Gasteiger partial charge is 0.456 e. The molecule has 0 fully saturated rings. The lowest BCUT2D eigenvalue weighted by molar-refractivity contribution is 0.668. The quantitative estimate of drug-likeness (QED) is 0.183. The Morgan fingerprint density at radius 2 is 0.865 bits per heavy atom. The van der Waals surface area contributed by atoms with E-state index in [2.05, 4.69) is 167 Å². The van der Waals surface area contributed by atoms with Gasteiger partial charge in [0.05, 0.1) is 11.0 Å². The van der Waals surface area contributed by atoms with Gasteiger partial charge < -0.3 is 18.3 Å². The number of rotatable bonds is 5. The highest BCUT2D eigenvalue weighted by Crippen LogP contribution is 2.40. The highest BCUT2D eigenvalue weighted by molar-refractivity contribution is 6.11. The molecular formula is C48H30N2O2. The van der Waals surface area contributed by atoms with Crippen molar-refractivity contribution in [3.05, 3.63) is 182 Å². The molecule has 52 heavy (non-hydrogen) atoms. The van der Waals surface area contributed by atoms with Crippen molar-refractivity contribution in [2.75, 3.05) is 4.90 Å². The van der Waals surface area contributed by atoms with Crippen LogP contribution >= 0.6 is 0 Å². The van der Waals surface area contributed by atoms with Gasteiger partial charge in [0.1, 0.15) is 22.3 Å². The first-order valence-corrected chi connectivity index (χ1v) is 17.6. The summed E-state index contributed by atoms with van der Waals surface area (Å²) in [5.41, 5.74) is 12.5. The van der Waals surface area contributed by atoms with Crippen LogP contribution in [-0.4, -0.2) is 4.57 Å². The molecule has 0 aliphatic carbocycles. The summed E-state index contributed by atoms with van der Waals surface area (Å²) in [4.78, 5) is 2.28. The lowest BCUT2D eigenvalue weighted by Crippen LogP contribution is -2.09. The summed E-state index contributed by atoms with van der Waals surface area (Å²) in [6.07, 6.45) is 0. The van der Waals surface area contributed by atoms with Crippen molar-refractivity contribution in [3.63, 3.8) is 0 Å². The van der Waals surface area contributed by atoms with Gasteiger partial charge in [-0.25, -0.2) is 0 Å². The van der Waals surface area contributed by atoms with Crippen molar-refractivity contribution in [1.82, 2.24) is 4.57 Å². The average molecular weight is 667 g/mol. The lowest BCUT2D eigenvalue weighted by atomic mass is 10.0. The van der Waals surface area contributed by atoms with Crippen LogP contribution in [0.4, 0.5) is 17.1 Å². The minimum Gasteiger partial charge on any atom is -0.456 e. The molecule has 0 aliphatic rings. The molecule has 0 saturated carbocycles. The van der Waals surface area contributed by atoms with Crippen LogP contribution in [0.1, 0.15) is 0 Å². The van der Waals surface area contributed by atoms with E-state index in [1.54, 1.807) is 0 Å². The van der Waals surface area contributed by atoms with Crippen LogP contribution < -0.4 is 4.90 Å². The van der Waals surface area contributed by atoms with Crippen molar-refractivity contribution in [3.8, 4) is 16.8 Å². The van der Waals surface area contributed by atoms with E-state index in [4.69, 9.17) is 8.83 Å². The van der Waals surface area contributed by atoms with Crippen molar-refractivity contribution in [2.24, 2.45) is 0 Å². The Hall–Kier alpha value is -7.04. The summed E-state index contributed by atoms with van der Waals surface area (Å²) < 4.78 is 14.9. The highest BCUT2D eigenvalue weighted by Gasteiger charge is 2.18. The van der Waals surface area contributed by atoms with Crippen molar-refractivity contribution in [2.45, 2.75) is 0 Å². The third-order valence-corrected chi connectivity index (χ3v) is 10.4. The Balaban J connectivity index is 1.00. The number of benzene rings is 8. The number of fused-ring (bicyclic) bond motifs is 9. The number of furan rings is 2. The Bertz CT molecular complexity index is 3130. The van der Waals surface area contributed by atoms with E-state index in [-0.39, 0.29) is 0 Å². The summed E-state index contributed by atoms with van der Waals surface area (Å²) in [7, 11) is 0. The van der Waals surface area contributed by atoms with Crippen LogP contribution in [0, 0.1) is 0 Å². The molecule has 0 amide bonds. The fourth-order valence-electron chi connectivity index (χ4n) is 7.97. The zero-order valence-electron chi connectivity index (χ0n) is 28.0. The van der Waals surface area contributed by atoms with Gasteiger partial charge in [0.2, 0.25) is 0 Å². The molecule has 8 aromatic carbocycles. The third-order valence-electron chi connectivity index (χ3n) is 10.4. The van der Waals surface area contributed by atoms with Gasteiger partial charge in [-0.2, -0.15) is 0 Å². The minimum atomic E-state index is 0.876. The van der Waals surface area contributed by atoms with Gasteiger partial charge in [-0.05, 0) is 90.0 Å². The summed E-state index contributed by atoms with van der Waals surface area (Å²) in [5, 5.41) is 6.96. The SMILES string of the molecule is c1ccc(N(c2ccc(-c3ccc4c(c3)c3ccccc3n4-c3ccc4c(c3)oc3ccccc34)cc2)c2ccc3c(c2)oc2ccccc23)cc1. The standard InChI is InChI=1S/C48H30N2O2/c1-2-10-33(11-3-1)49(35-23-25-40-38-13-5-8-16-45(38)51-47(40)29-35)34-21-18-31(19-22-34)32-20-27-44-42(28-32)37-12-4-7-15-43(37)50(44)36-24-26-41-39-14-6-9-17-46(39)52-48(41)30-36/h1-30H. The summed E-state index contributed by atoms with van der Waals surface area (Å²) in [6, 6.07) is 64.3. The van der Waals surface area contributed by atoms with Crippen LogP contribution in [-0.2, 0) is 0 Å². The molecule has 0 spiro atoms. The fraction of sp³-hybridized carbons (Fsp3) is 0.